The molecule has 0 spiro atoms. The van der Waals surface area contributed by atoms with Crippen LogP contribution in [0.25, 0.3) is 0 Å². The van der Waals surface area contributed by atoms with Gasteiger partial charge in [-0.15, -0.1) is 0 Å². The topological polar surface area (TPSA) is 46.9 Å². The summed E-state index contributed by atoms with van der Waals surface area (Å²) in [6, 6.07) is -0.00657. The molecule has 1 aliphatic heterocycles. The van der Waals surface area contributed by atoms with Gasteiger partial charge in [-0.05, 0) is 26.3 Å². The first-order valence-corrected chi connectivity index (χ1v) is 4.56. The van der Waals surface area contributed by atoms with E-state index in [-0.39, 0.29) is 11.9 Å². The summed E-state index contributed by atoms with van der Waals surface area (Å²) in [5.74, 6) is 0.881. The number of rotatable bonds is 1. The molecule has 1 aromatic heterocycles. The highest BCUT2D eigenvalue weighted by Crippen LogP contribution is 2.08. The van der Waals surface area contributed by atoms with E-state index in [1.807, 2.05) is 6.92 Å². The van der Waals surface area contributed by atoms with Crippen LogP contribution in [0.3, 0.4) is 0 Å². The number of nitrogens with zero attached hydrogens (tertiary/aromatic N) is 2. The summed E-state index contributed by atoms with van der Waals surface area (Å²) < 4.78 is 1.61. The Morgan fingerprint density at radius 3 is 3.15 bits per heavy atom. The highest BCUT2D eigenvalue weighted by Gasteiger charge is 2.23. The highest BCUT2D eigenvalue weighted by atomic mass is 16.2. The Bertz CT molecular complexity index is 312. The van der Waals surface area contributed by atoms with Gasteiger partial charge in [-0.2, -0.15) is 0 Å². The number of aromatic nitrogens is 2. The molecule has 0 radical (unpaired) electrons. The molecule has 0 aromatic carbocycles. The fraction of sp³-hybridized carbons (Fsp3) is 0.556. The maximum Gasteiger partial charge on any atom is 0.249 e. The molecule has 13 heavy (non-hydrogen) atoms. The van der Waals surface area contributed by atoms with Crippen molar-refractivity contribution in [3.63, 3.8) is 0 Å². The van der Waals surface area contributed by atoms with E-state index in [1.54, 1.807) is 17.0 Å². The van der Waals surface area contributed by atoms with Crippen LogP contribution in [0.2, 0.25) is 0 Å². The molecule has 70 valence electrons. The van der Waals surface area contributed by atoms with E-state index in [2.05, 4.69) is 10.3 Å². The number of aryl methyl sites for hydroxylation is 1. The van der Waals surface area contributed by atoms with Crippen molar-refractivity contribution < 1.29 is 4.79 Å². The van der Waals surface area contributed by atoms with Gasteiger partial charge in [0.1, 0.15) is 5.82 Å². The van der Waals surface area contributed by atoms with Gasteiger partial charge in [0.25, 0.3) is 0 Å². The number of carbonyl (C=O) groups excluding carboxylic acids is 1. The van der Waals surface area contributed by atoms with Crippen LogP contribution in [0.5, 0.6) is 0 Å². The molecule has 2 rings (SSSR count). The lowest BCUT2D eigenvalue weighted by molar-refractivity contribution is 0.0867. The minimum Gasteiger partial charge on any atom is -0.306 e. The monoisotopic (exact) mass is 179 g/mol. The summed E-state index contributed by atoms with van der Waals surface area (Å²) >= 11 is 0. The Labute approximate surface area is 77.0 Å². The van der Waals surface area contributed by atoms with Crippen LogP contribution in [0.1, 0.15) is 23.5 Å². The molecule has 4 heteroatoms. The SMILES string of the molecule is Cc1nccn1C(=O)C1CCCN1. The van der Waals surface area contributed by atoms with E-state index in [0.717, 1.165) is 25.2 Å². The van der Waals surface area contributed by atoms with Crippen LogP contribution in [0.4, 0.5) is 0 Å². The second-order valence-electron chi connectivity index (χ2n) is 3.33. The second-order valence-corrected chi connectivity index (χ2v) is 3.33. The van der Waals surface area contributed by atoms with Crippen molar-refractivity contribution in [2.45, 2.75) is 25.8 Å². The minimum atomic E-state index is -0.00657. The normalized spacial score (nSPS) is 22.1. The molecule has 1 fully saturated rings. The van der Waals surface area contributed by atoms with Gasteiger partial charge in [-0.1, -0.05) is 0 Å². The van der Waals surface area contributed by atoms with Gasteiger partial charge in [0, 0.05) is 12.4 Å². The number of imidazole rings is 1. The summed E-state index contributed by atoms with van der Waals surface area (Å²) in [4.78, 5) is 15.8. The van der Waals surface area contributed by atoms with Crippen LogP contribution < -0.4 is 5.32 Å². The summed E-state index contributed by atoms with van der Waals surface area (Å²) in [7, 11) is 0. The molecule has 0 bridgehead atoms. The lowest BCUT2D eigenvalue weighted by Gasteiger charge is -2.09. The smallest absolute Gasteiger partial charge is 0.249 e. The van der Waals surface area contributed by atoms with Crippen LogP contribution in [0.15, 0.2) is 12.4 Å². The first-order valence-electron chi connectivity index (χ1n) is 4.56. The number of hydrogen-bond donors (Lipinski definition) is 1. The molecule has 0 aliphatic carbocycles. The summed E-state index contributed by atoms with van der Waals surface area (Å²) in [6.07, 6.45) is 5.40. The third-order valence-corrected chi connectivity index (χ3v) is 2.42. The van der Waals surface area contributed by atoms with Gasteiger partial charge >= 0.3 is 0 Å². The predicted molar refractivity (Wildman–Crippen MR) is 48.6 cm³/mol. The molecule has 1 aromatic rings. The van der Waals surface area contributed by atoms with Crippen LogP contribution in [-0.4, -0.2) is 28.0 Å². The largest absolute Gasteiger partial charge is 0.306 e. The zero-order valence-corrected chi connectivity index (χ0v) is 7.66. The van der Waals surface area contributed by atoms with E-state index in [0.29, 0.717) is 0 Å². The third kappa shape index (κ3) is 1.49. The molecule has 1 unspecified atom stereocenters. The van der Waals surface area contributed by atoms with Crippen molar-refractivity contribution >= 4 is 5.91 Å². The van der Waals surface area contributed by atoms with Crippen molar-refractivity contribution in [2.24, 2.45) is 0 Å². The number of hydrogen-bond acceptors (Lipinski definition) is 3. The predicted octanol–water partition coefficient (Wildman–Crippen LogP) is 0.584. The molecule has 0 saturated carbocycles. The third-order valence-electron chi connectivity index (χ3n) is 2.42. The molecule has 1 atom stereocenters. The molecule has 2 heterocycles. The Morgan fingerprint density at radius 1 is 1.77 bits per heavy atom. The molecule has 1 aliphatic rings. The summed E-state index contributed by atoms with van der Waals surface area (Å²) in [5, 5.41) is 3.17. The van der Waals surface area contributed by atoms with Crippen molar-refractivity contribution in [2.75, 3.05) is 6.54 Å². The van der Waals surface area contributed by atoms with Crippen LogP contribution in [0, 0.1) is 6.92 Å². The quantitative estimate of drug-likeness (QED) is 0.686. The fourth-order valence-electron chi connectivity index (χ4n) is 1.67. The Morgan fingerprint density at radius 2 is 2.62 bits per heavy atom. The zero-order chi connectivity index (χ0) is 9.26. The Kier molecular flexibility index (Phi) is 2.14. The van der Waals surface area contributed by atoms with E-state index in [9.17, 15) is 4.79 Å². The fourth-order valence-corrected chi connectivity index (χ4v) is 1.67. The van der Waals surface area contributed by atoms with E-state index in [1.165, 1.54) is 0 Å². The number of carbonyl (C=O) groups is 1. The average Bonchev–Trinajstić information content (AvgIpc) is 2.72. The molecule has 1 saturated heterocycles. The lowest BCUT2D eigenvalue weighted by Crippen LogP contribution is -2.34. The van der Waals surface area contributed by atoms with Crippen LogP contribution >= 0.6 is 0 Å². The molecular formula is C9H13N3O. The van der Waals surface area contributed by atoms with Gasteiger partial charge < -0.3 is 5.32 Å². The minimum absolute atomic E-state index is 0.00657. The average molecular weight is 179 g/mol. The van der Waals surface area contributed by atoms with Gasteiger partial charge in [0.15, 0.2) is 0 Å². The van der Waals surface area contributed by atoms with Crippen molar-refractivity contribution in [1.82, 2.24) is 14.9 Å². The van der Waals surface area contributed by atoms with Crippen LogP contribution in [-0.2, 0) is 0 Å². The van der Waals surface area contributed by atoms with Gasteiger partial charge in [0.05, 0.1) is 6.04 Å². The van der Waals surface area contributed by atoms with E-state index >= 15 is 0 Å². The molecule has 0 amide bonds. The first-order chi connectivity index (χ1) is 6.29. The van der Waals surface area contributed by atoms with E-state index in [4.69, 9.17) is 0 Å². The Balaban J connectivity index is 2.17. The molecule has 1 N–H and O–H groups in total. The van der Waals surface area contributed by atoms with Crippen molar-refractivity contribution in [1.29, 1.82) is 0 Å². The first kappa shape index (κ1) is 8.44. The highest BCUT2D eigenvalue weighted by molar-refractivity contribution is 5.84. The number of nitrogens with one attached hydrogen (secondary N) is 1. The van der Waals surface area contributed by atoms with E-state index < -0.39 is 0 Å². The van der Waals surface area contributed by atoms with Crippen molar-refractivity contribution in [3.8, 4) is 0 Å². The standard InChI is InChI=1S/C9H13N3O/c1-7-10-5-6-12(7)9(13)8-3-2-4-11-8/h5-6,8,11H,2-4H2,1H3. The maximum absolute atomic E-state index is 11.8. The summed E-state index contributed by atoms with van der Waals surface area (Å²) in [6.45, 7) is 2.79. The molecule has 4 nitrogen and oxygen atoms in total. The van der Waals surface area contributed by atoms with Gasteiger partial charge in [-0.3, -0.25) is 9.36 Å². The van der Waals surface area contributed by atoms with Gasteiger partial charge in [0.2, 0.25) is 5.91 Å². The maximum atomic E-state index is 11.8. The molecular weight excluding hydrogens is 166 g/mol. The summed E-state index contributed by atoms with van der Waals surface area (Å²) in [5.41, 5.74) is 0. The lowest BCUT2D eigenvalue weighted by atomic mass is 10.2. The Hall–Kier alpha value is -1.16. The van der Waals surface area contributed by atoms with Crippen molar-refractivity contribution in [3.05, 3.63) is 18.2 Å². The zero-order valence-electron chi connectivity index (χ0n) is 7.66. The van der Waals surface area contributed by atoms with Gasteiger partial charge in [-0.25, -0.2) is 4.98 Å². The second kappa shape index (κ2) is 3.30.